The molecule has 5 nitrogen and oxygen atoms in total. The molecule has 5 heteroatoms. The van der Waals surface area contributed by atoms with Gasteiger partial charge in [0.2, 0.25) is 0 Å². The molecule has 1 aromatic carbocycles. The van der Waals surface area contributed by atoms with E-state index in [0.29, 0.717) is 6.54 Å². The van der Waals surface area contributed by atoms with E-state index in [4.69, 9.17) is 0 Å². The third-order valence-electron chi connectivity index (χ3n) is 3.10. The molecule has 102 valence electrons. The third-order valence-corrected chi connectivity index (χ3v) is 3.10. The first kappa shape index (κ1) is 13.7. The largest absolute Gasteiger partial charge is 0.395 e. The first-order chi connectivity index (χ1) is 9.24. The maximum absolute atomic E-state index is 9.19. The number of aryl methyl sites for hydroxylation is 1. The van der Waals surface area contributed by atoms with Crippen LogP contribution < -0.4 is 5.32 Å². The summed E-state index contributed by atoms with van der Waals surface area (Å²) in [6.07, 6.45) is 0.886. The van der Waals surface area contributed by atoms with Crippen LogP contribution in [0.5, 0.6) is 0 Å². The molecule has 1 heterocycles. The second kappa shape index (κ2) is 6.45. The zero-order valence-electron chi connectivity index (χ0n) is 11.4. The number of hydrogen-bond donors (Lipinski definition) is 2. The lowest BCUT2D eigenvalue weighted by molar-refractivity contribution is 0.238. The lowest BCUT2D eigenvalue weighted by atomic mass is 10.1. The average Bonchev–Trinajstić information content (AvgIpc) is 2.82. The van der Waals surface area contributed by atoms with Crippen LogP contribution in [-0.2, 0) is 13.6 Å². The van der Waals surface area contributed by atoms with Crippen LogP contribution in [0.15, 0.2) is 30.3 Å². The Balaban J connectivity index is 2.17. The van der Waals surface area contributed by atoms with Crippen molar-refractivity contribution in [3.05, 3.63) is 36.0 Å². The number of aliphatic hydroxyl groups is 1. The normalized spacial score (nSPS) is 12.6. The van der Waals surface area contributed by atoms with E-state index in [1.165, 1.54) is 0 Å². The van der Waals surface area contributed by atoms with Gasteiger partial charge in [0.15, 0.2) is 0 Å². The number of rotatable bonds is 6. The minimum Gasteiger partial charge on any atom is -0.395 e. The van der Waals surface area contributed by atoms with Crippen molar-refractivity contribution < 1.29 is 5.11 Å². The van der Waals surface area contributed by atoms with Gasteiger partial charge >= 0.3 is 0 Å². The highest BCUT2D eigenvalue weighted by molar-refractivity contribution is 5.60. The SMILES string of the molecule is CC[C@H](CO)NCc1nn(C)nc1-c1ccccc1. The van der Waals surface area contributed by atoms with Crippen molar-refractivity contribution in [3.63, 3.8) is 0 Å². The van der Waals surface area contributed by atoms with Crippen molar-refractivity contribution >= 4 is 0 Å². The molecule has 1 atom stereocenters. The molecule has 0 spiro atoms. The van der Waals surface area contributed by atoms with Gasteiger partial charge in [-0.15, -0.1) is 0 Å². The predicted molar refractivity (Wildman–Crippen MR) is 74.4 cm³/mol. The Morgan fingerprint density at radius 3 is 2.63 bits per heavy atom. The lowest BCUT2D eigenvalue weighted by Crippen LogP contribution is -2.31. The van der Waals surface area contributed by atoms with Crippen molar-refractivity contribution in [2.45, 2.75) is 25.9 Å². The van der Waals surface area contributed by atoms with Crippen LogP contribution in [0.25, 0.3) is 11.3 Å². The summed E-state index contributed by atoms with van der Waals surface area (Å²) in [6, 6.07) is 10.1. The highest BCUT2D eigenvalue weighted by Gasteiger charge is 2.13. The van der Waals surface area contributed by atoms with Crippen LogP contribution >= 0.6 is 0 Å². The summed E-state index contributed by atoms with van der Waals surface area (Å²) in [5.41, 5.74) is 2.86. The molecule has 0 saturated carbocycles. The van der Waals surface area contributed by atoms with Crippen LogP contribution in [0.3, 0.4) is 0 Å². The molecule has 0 bridgehead atoms. The van der Waals surface area contributed by atoms with Crippen LogP contribution in [0.1, 0.15) is 19.0 Å². The van der Waals surface area contributed by atoms with Gasteiger partial charge in [-0.25, -0.2) is 0 Å². The van der Waals surface area contributed by atoms with E-state index in [2.05, 4.69) is 15.5 Å². The summed E-state index contributed by atoms with van der Waals surface area (Å²) in [6.45, 7) is 2.79. The Hall–Kier alpha value is -1.72. The minimum absolute atomic E-state index is 0.102. The first-order valence-corrected chi connectivity index (χ1v) is 6.54. The molecule has 2 N–H and O–H groups in total. The standard InChI is InChI=1S/C14H20N4O/c1-3-12(10-19)15-9-13-14(17-18(2)16-13)11-7-5-4-6-8-11/h4-8,12,15,19H,3,9-10H2,1-2H3/t12-/m1/s1. The summed E-state index contributed by atoms with van der Waals surface area (Å²) in [5, 5.41) is 21.3. The number of aliphatic hydroxyl groups excluding tert-OH is 1. The van der Waals surface area contributed by atoms with Gasteiger partial charge in [-0.05, 0) is 6.42 Å². The summed E-state index contributed by atoms with van der Waals surface area (Å²) >= 11 is 0. The van der Waals surface area contributed by atoms with Crippen molar-refractivity contribution in [1.29, 1.82) is 0 Å². The minimum atomic E-state index is 0.102. The Morgan fingerprint density at radius 2 is 2.00 bits per heavy atom. The molecule has 1 aromatic heterocycles. The molecule has 0 aliphatic carbocycles. The molecule has 0 aliphatic rings. The van der Waals surface area contributed by atoms with E-state index >= 15 is 0 Å². The molecular weight excluding hydrogens is 240 g/mol. The van der Waals surface area contributed by atoms with Gasteiger partial charge in [-0.2, -0.15) is 15.0 Å². The second-order valence-electron chi connectivity index (χ2n) is 4.52. The molecule has 0 radical (unpaired) electrons. The molecular formula is C14H20N4O. The fourth-order valence-electron chi connectivity index (χ4n) is 1.97. The van der Waals surface area contributed by atoms with Gasteiger partial charge in [0.05, 0.1) is 6.61 Å². The highest BCUT2D eigenvalue weighted by Crippen LogP contribution is 2.19. The quantitative estimate of drug-likeness (QED) is 0.823. The van der Waals surface area contributed by atoms with Gasteiger partial charge in [-0.1, -0.05) is 37.3 Å². The van der Waals surface area contributed by atoms with Gasteiger partial charge in [0, 0.05) is 25.2 Å². The van der Waals surface area contributed by atoms with Gasteiger partial charge in [0.25, 0.3) is 0 Å². The molecule has 19 heavy (non-hydrogen) atoms. The summed E-state index contributed by atoms with van der Waals surface area (Å²) in [5.74, 6) is 0. The zero-order chi connectivity index (χ0) is 13.7. The lowest BCUT2D eigenvalue weighted by Gasteiger charge is -2.12. The monoisotopic (exact) mass is 260 g/mol. The highest BCUT2D eigenvalue weighted by atomic mass is 16.3. The number of aromatic nitrogens is 3. The molecule has 2 rings (SSSR count). The van der Waals surface area contributed by atoms with Crippen LogP contribution in [0.2, 0.25) is 0 Å². The van der Waals surface area contributed by atoms with Crippen molar-refractivity contribution in [3.8, 4) is 11.3 Å². The van der Waals surface area contributed by atoms with Crippen LogP contribution in [0, 0.1) is 0 Å². The third kappa shape index (κ3) is 3.39. The van der Waals surface area contributed by atoms with Crippen molar-refractivity contribution in [2.75, 3.05) is 6.61 Å². The van der Waals surface area contributed by atoms with Gasteiger partial charge in [-0.3, -0.25) is 0 Å². The Labute approximate surface area is 113 Å². The molecule has 0 amide bonds. The Morgan fingerprint density at radius 1 is 1.26 bits per heavy atom. The van der Waals surface area contributed by atoms with Crippen LogP contribution in [-0.4, -0.2) is 32.7 Å². The fourth-order valence-corrected chi connectivity index (χ4v) is 1.97. The van der Waals surface area contributed by atoms with E-state index in [1.54, 1.807) is 4.80 Å². The van der Waals surface area contributed by atoms with E-state index in [-0.39, 0.29) is 12.6 Å². The summed E-state index contributed by atoms with van der Waals surface area (Å²) in [7, 11) is 1.82. The molecule has 2 aromatic rings. The average molecular weight is 260 g/mol. The van der Waals surface area contributed by atoms with E-state index in [9.17, 15) is 5.11 Å². The topological polar surface area (TPSA) is 63.0 Å². The predicted octanol–water partition coefficient (Wildman–Crippen LogP) is 1.34. The Bertz CT molecular complexity index is 505. The summed E-state index contributed by atoms with van der Waals surface area (Å²) in [4.78, 5) is 1.58. The number of hydrogen-bond acceptors (Lipinski definition) is 4. The zero-order valence-corrected chi connectivity index (χ0v) is 11.4. The number of nitrogens with one attached hydrogen (secondary N) is 1. The fraction of sp³-hybridized carbons (Fsp3) is 0.429. The second-order valence-corrected chi connectivity index (χ2v) is 4.52. The van der Waals surface area contributed by atoms with Crippen LogP contribution in [0.4, 0.5) is 0 Å². The van der Waals surface area contributed by atoms with Crippen molar-refractivity contribution in [2.24, 2.45) is 7.05 Å². The van der Waals surface area contributed by atoms with E-state index in [0.717, 1.165) is 23.4 Å². The first-order valence-electron chi connectivity index (χ1n) is 6.54. The van der Waals surface area contributed by atoms with E-state index in [1.807, 2.05) is 44.3 Å². The molecule has 0 saturated heterocycles. The Kier molecular flexibility index (Phi) is 4.65. The summed E-state index contributed by atoms with van der Waals surface area (Å²) < 4.78 is 0. The number of benzene rings is 1. The maximum atomic E-state index is 9.19. The maximum Gasteiger partial charge on any atom is 0.117 e. The molecule has 0 fully saturated rings. The van der Waals surface area contributed by atoms with Crippen molar-refractivity contribution in [1.82, 2.24) is 20.3 Å². The van der Waals surface area contributed by atoms with E-state index < -0.39 is 0 Å². The molecule has 0 unspecified atom stereocenters. The van der Waals surface area contributed by atoms with Gasteiger partial charge < -0.3 is 10.4 Å². The smallest absolute Gasteiger partial charge is 0.117 e. The molecule has 0 aliphatic heterocycles. The number of nitrogens with zero attached hydrogens (tertiary/aromatic N) is 3. The van der Waals surface area contributed by atoms with Gasteiger partial charge in [0.1, 0.15) is 11.4 Å².